The first kappa shape index (κ1) is 35.7. The van der Waals surface area contributed by atoms with Gasteiger partial charge in [0.25, 0.3) is 11.8 Å². The van der Waals surface area contributed by atoms with Crippen LogP contribution in [-0.4, -0.2) is 64.6 Å². The molecule has 14 heteroatoms. The molecule has 14 nitrogen and oxygen atoms in total. The molecular formula is C24H37N7O7. The first-order valence-electron chi connectivity index (χ1n) is 12.1. The van der Waals surface area contributed by atoms with E-state index < -0.39 is 23.8 Å². The molecule has 0 bridgehead atoms. The van der Waals surface area contributed by atoms with Gasteiger partial charge in [-0.25, -0.2) is 14.6 Å². The van der Waals surface area contributed by atoms with Gasteiger partial charge in [0.05, 0.1) is 0 Å². The fourth-order valence-electron chi connectivity index (χ4n) is 2.19. The summed E-state index contributed by atoms with van der Waals surface area (Å²) in [5.74, 6) is -2.11. The van der Waals surface area contributed by atoms with Crippen molar-refractivity contribution in [3.05, 3.63) is 36.9 Å². The third-order valence-electron chi connectivity index (χ3n) is 3.50. The van der Waals surface area contributed by atoms with Gasteiger partial charge in [0.15, 0.2) is 0 Å². The standard InChI is InChI=1S/C8H7N3O2.C6H7NO4.C4H5N3O.3C2H6/c1-6(12)13-11-8-5-3-2-4-7(8)9-10-11;1-4(8)11-7-5(9)2-3-6(7)10;1-4(8)7-3-5-2-6-7;3*1-2/h2-5H,1H3;2-3H2,1H3;2-3H,1H3;3*1-2H3. The van der Waals surface area contributed by atoms with Crippen LogP contribution in [0.25, 0.3) is 11.0 Å². The number of carbonyl (C=O) groups excluding carboxylic acids is 5. The van der Waals surface area contributed by atoms with E-state index in [9.17, 15) is 24.0 Å². The van der Waals surface area contributed by atoms with Crippen LogP contribution in [0, 0.1) is 0 Å². The maximum atomic E-state index is 10.7. The van der Waals surface area contributed by atoms with E-state index in [0.717, 1.165) is 11.8 Å². The number of amides is 2. The Balaban J connectivity index is 0. The van der Waals surface area contributed by atoms with Crippen LogP contribution in [0.15, 0.2) is 36.9 Å². The molecule has 0 N–H and O–H groups in total. The molecule has 0 saturated carbocycles. The van der Waals surface area contributed by atoms with Crippen LogP contribution in [0.3, 0.4) is 0 Å². The fraction of sp³-hybridized carbons (Fsp3) is 0.458. The van der Waals surface area contributed by atoms with Gasteiger partial charge in [0.2, 0.25) is 5.91 Å². The number of fused-ring (bicyclic) bond motifs is 1. The van der Waals surface area contributed by atoms with Gasteiger partial charge >= 0.3 is 11.9 Å². The lowest BCUT2D eigenvalue weighted by atomic mass is 10.3. The lowest BCUT2D eigenvalue weighted by Crippen LogP contribution is -2.30. The molecule has 38 heavy (non-hydrogen) atoms. The number of nitrogens with zero attached hydrogens (tertiary/aromatic N) is 7. The molecule has 2 amide bonds. The van der Waals surface area contributed by atoms with Gasteiger partial charge in [0, 0.05) is 33.6 Å². The predicted octanol–water partition coefficient (Wildman–Crippen LogP) is 3.04. The van der Waals surface area contributed by atoms with E-state index in [0.29, 0.717) is 16.1 Å². The van der Waals surface area contributed by atoms with Crippen LogP contribution in [0.5, 0.6) is 0 Å². The number of aromatic nitrogens is 6. The Kier molecular flexibility index (Phi) is 19.4. The monoisotopic (exact) mass is 535 g/mol. The Morgan fingerprint density at radius 1 is 0.816 bits per heavy atom. The van der Waals surface area contributed by atoms with Crippen LogP contribution >= 0.6 is 0 Å². The molecule has 1 fully saturated rings. The van der Waals surface area contributed by atoms with Crippen molar-refractivity contribution in [1.82, 2.24) is 35.0 Å². The minimum Gasteiger partial charge on any atom is -0.331 e. The summed E-state index contributed by atoms with van der Waals surface area (Å²) in [5, 5.41) is 11.6. The van der Waals surface area contributed by atoms with Crippen molar-refractivity contribution in [3.63, 3.8) is 0 Å². The van der Waals surface area contributed by atoms with Gasteiger partial charge in [-0.3, -0.25) is 14.4 Å². The first-order chi connectivity index (χ1) is 18.2. The van der Waals surface area contributed by atoms with Crippen molar-refractivity contribution in [1.29, 1.82) is 0 Å². The molecule has 1 aromatic carbocycles. The molecule has 210 valence electrons. The maximum Gasteiger partial charge on any atom is 0.332 e. The van der Waals surface area contributed by atoms with E-state index in [4.69, 9.17) is 4.84 Å². The van der Waals surface area contributed by atoms with E-state index in [1.807, 2.05) is 53.7 Å². The summed E-state index contributed by atoms with van der Waals surface area (Å²) in [6.45, 7) is 15.9. The number of imide groups is 1. The smallest absolute Gasteiger partial charge is 0.331 e. The number of hydroxylamine groups is 2. The molecule has 0 radical (unpaired) electrons. The van der Waals surface area contributed by atoms with Gasteiger partial charge in [0.1, 0.15) is 23.7 Å². The van der Waals surface area contributed by atoms with Crippen LogP contribution < -0.4 is 4.84 Å². The third kappa shape index (κ3) is 13.0. The summed E-state index contributed by atoms with van der Waals surface area (Å²) in [6, 6.07) is 7.24. The number of hydrogen-bond acceptors (Lipinski definition) is 11. The summed E-state index contributed by atoms with van der Waals surface area (Å²) in [5.41, 5.74) is 1.38. The molecular weight excluding hydrogens is 498 g/mol. The summed E-state index contributed by atoms with van der Waals surface area (Å²) >= 11 is 0. The van der Waals surface area contributed by atoms with Crippen LogP contribution in [-0.2, 0) is 24.0 Å². The summed E-state index contributed by atoms with van der Waals surface area (Å²) in [4.78, 5) is 66.6. The Morgan fingerprint density at radius 3 is 1.76 bits per heavy atom. The molecule has 0 unspecified atom stereocenters. The van der Waals surface area contributed by atoms with Crippen molar-refractivity contribution in [2.24, 2.45) is 0 Å². The molecule has 0 spiro atoms. The van der Waals surface area contributed by atoms with Gasteiger partial charge in [-0.05, 0) is 17.3 Å². The molecule has 2 aromatic heterocycles. The van der Waals surface area contributed by atoms with E-state index in [-0.39, 0.29) is 18.7 Å². The van der Waals surface area contributed by atoms with Crippen LogP contribution in [0.2, 0.25) is 0 Å². The fourth-order valence-corrected chi connectivity index (χ4v) is 2.19. The Labute approximate surface area is 221 Å². The highest BCUT2D eigenvalue weighted by Crippen LogP contribution is 2.11. The Hall–Kier alpha value is -4.49. The molecule has 1 aliphatic rings. The number of carbonyl (C=O) groups is 5. The van der Waals surface area contributed by atoms with E-state index in [1.165, 1.54) is 31.2 Å². The summed E-state index contributed by atoms with van der Waals surface area (Å²) in [6.07, 6.45) is 2.95. The van der Waals surface area contributed by atoms with Gasteiger partial charge < -0.3 is 9.68 Å². The van der Waals surface area contributed by atoms with Gasteiger partial charge in [-0.1, -0.05) is 58.5 Å². The Bertz CT molecular complexity index is 1110. The van der Waals surface area contributed by atoms with Crippen molar-refractivity contribution >= 4 is 40.7 Å². The quantitative estimate of drug-likeness (QED) is 0.349. The highest BCUT2D eigenvalue weighted by molar-refractivity contribution is 6.01. The van der Waals surface area contributed by atoms with Crippen molar-refractivity contribution < 1.29 is 33.6 Å². The summed E-state index contributed by atoms with van der Waals surface area (Å²) in [7, 11) is 0. The molecule has 3 aromatic rings. The van der Waals surface area contributed by atoms with E-state index in [2.05, 4.69) is 25.2 Å². The zero-order chi connectivity index (χ0) is 29.7. The number of hydrogen-bond donors (Lipinski definition) is 0. The van der Waals surface area contributed by atoms with Gasteiger partial charge in [-0.2, -0.15) is 9.78 Å². The van der Waals surface area contributed by atoms with Crippen LogP contribution in [0.4, 0.5) is 0 Å². The zero-order valence-electron chi connectivity index (χ0n) is 23.4. The van der Waals surface area contributed by atoms with E-state index in [1.54, 1.807) is 12.1 Å². The molecule has 3 heterocycles. The van der Waals surface area contributed by atoms with Gasteiger partial charge in [-0.15, -0.1) is 10.2 Å². The third-order valence-corrected chi connectivity index (χ3v) is 3.50. The highest BCUT2D eigenvalue weighted by atomic mass is 16.7. The second-order valence-electron chi connectivity index (χ2n) is 6.06. The second-order valence-corrected chi connectivity index (χ2v) is 6.06. The number of para-hydroxylation sites is 1. The molecule has 4 rings (SSSR count). The largest absolute Gasteiger partial charge is 0.332 e. The predicted molar refractivity (Wildman–Crippen MR) is 138 cm³/mol. The van der Waals surface area contributed by atoms with Crippen molar-refractivity contribution in [3.8, 4) is 0 Å². The first-order valence-corrected chi connectivity index (χ1v) is 12.1. The molecule has 0 atom stereocenters. The van der Waals surface area contributed by atoms with E-state index >= 15 is 0 Å². The minimum absolute atomic E-state index is 0.123. The lowest BCUT2D eigenvalue weighted by molar-refractivity contribution is -0.195. The SMILES string of the molecule is CC.CC.CC.CC(=O)ON1C(=O)CCC1=O.CC(=O)On1nnc2ccccc21.CC(=O)n1cncn1. The van der Waals surface area contributed by atoms with Crippen molar-refractivity contribution in [2.75, 3.05) is 0 Å². The molecule has 1 saturated heterocycles. The average Bonchev–Trinajstić information content (AvgIpc) is 3.67. The maximum absolute atomic E-state index is 10.7. The normalized spacial score (nSPS) is 10.9. The lowest BCUT2D eigenvalue weighted by Gasteiger charge is -2.09. The average molecular weight is 536 g/mol. The molecule has 0 aliphatic carbocycles. The highest BCUT2D eigenvalue weighted by Gasteiger charge is 2.31. The topological polar surface area (TPSA) is 168 Å². The zero-order valence-corrected chi connectivity index (χ0v) is 23.4. The Morgan fingerprint density at radius 2 is 1.34 bits per heavy atom. The number of benzene rings is 1. The van der Waals surface area contributed by atoms with Crippen LogP contribution in [0.1, 0.15) is 79.9 Å². The number of rotatable bonds is 2. The summed E-state index contributed by atoms with van der Waals surface area (Å²) < 4.78 is 1.17. The molecule has 1 aliphatic heterocycles. The van der Waals surface area contributed by atoms with Crippen molar-refractivity contribution in [2.45, 2.75) is 75.2 Å². The minimum atomic E-state index is -0.659. The second kappa shape index (κ2) is 20.7.